The number of ether oxygens (including phenoxy) is 1. The number of alkyl carbamates (subject to hydrolysis) is 1. The number of rotatable bonds is 4. The Hall–Kier alpha value is -2.11. The molecule has 1 aromatic rings. The molecule has 0 aliphatic heterocycles. The summed E-state index contributed by atoms with van der Waals surface area (Å²) in [5.74, 6) is 1.13. The number of amides is 1. The highest BCUT2D eigenvalue weighted by Gasteiger charge is 2.47. The minimum Gasteiger partial charge on any atom is -0.494 e. The first-order valence-corrected chi connectivity index (χ1v) is 9.42. The molecule has 0 aromatic carbocycles. The number of carbonyl (C=O) groups excluding carboxylic acids is 1. The molecule has 2 aliphatic rings. The summed E-state index contributed by atoms with van der Waals surface area (Å²) in [6.07, 6.45) is 3.81. The SMILES string of the molecule is CC(C)C=C1C2CCC1c1c2c(O)n(CCNC(=O)OC(C)(C)C)c1O. The molecule has 0 saturated heterocycles. The molecule has 6 heteroatoms. The summed E-state index contributed by atoms with van der Waals surface area (Å²) in [6, 6.07) is 0. The molecule has 26 heavy (non-hydrogen) atoms. The lowest BCUT2D eigenvalue weighted by Gasteiger charge is -2.20. The second-order valence-electron chi connectivity index (χ2n) is 8.65. The zero-order valence-electron chi connectivity index (χ0n) is 16.3. The number of nitrogens with zero attached hydrogens (tertiary/aromatic N) is 1. The van der Waals surface area contributed by atoms with Crippen molar-refractivity contribution in [2.24, 2.45) is 5.92 Å². The van der Waals surface area contributed by atoms with E-state index in [2.05, 4.69) is 25.2 Å². The number of nitrogens with one attached hydrogen (secondary N) is 1. The Morgan fingerprint density at radius 3 is 2.23 bits per heavy atom. The van der Waals surface area contributed by atoms with E-state index < -0.39 is 11.7 Å². The molecule has 1 fully saturated rings. The minimum absolute atomic E-state index is 0.130. The molecule has 0 spiro atoms. The van der Waals surface area contributed by atoms with Gasteiger partial charge in [0.1, 0.15) is 5.60 Å². The summed E-state index contributed by atoms with van der Waals surface area (Å²) >= 11 is 0. The first kappa shape index (κ1) is 18.7. The molecule has 2 aliphatic carbocycles. The number of hydrogen-bond donors (Lipinski definition) is 3. The van der Waals surface area contributed by atoms with E-state index in [1.807, 2.05) is 0 Å². The van der Waals surface area contributed by atoms with E-state index in [0.717, 1.165) is 24.0 Å². The Bertz CT molecular complexity index is 702. The Morgan fingerprint density at radius 1 is 1.23 bits per heavy atom. The molecule has 1 heterocycles. The van der Waals surface area contributed by atoms with Gasteiger partial charge < -0.3 is 20.3 Å². The number of allylic oxidation sites excluding steroid dienone is 2. The van der Waals surface area contributed by atoms with E-state index in [0.29, 0.717) is 12.5 Å². The lowest BCUT2D eigenvalue weighted by molar-refractivity contribution is 0.0525. The predicted octanol–water partition coefficient (Wildman–Crippen LogP) is 3.98. The molecule has 3 N–H and O–H groups in total. The topological polar surface area (TPSA) is 83.7 Å². The molecule has 0 radical (unpaired) electrons. The van der Waals surface area contributed by atoms with E-state index >= 15 is 0 Å². The maximum Gasteiger partial charge on any atom is 0.407 e. The summed E-state index contributed by atoms with van der Waals surface area (Å²) in [4.78, 5) is 11.7. The highest BCUT2D eigenvalue weighted by atomic mass is 16.6. The van der Waals surface area contributed by atoms with Crippen LogP contribution in [0.15, 0.2) is 11.6 Å². The molecule has 1 aromatic heterocycles. The van der Waals surface area contributed by atoms with Crippen LogP contribution in [0.25, 0.3) is 0 Å². The summed E-state index contributed by atoms with van der Waals surface area (Å²) in [6.45, 7) is 10.3. The fourth-order valence-electron chi connectivity index (χ4n) is 4.26. The highest BCUT2D eigenvalue weighted by molar-refractivity contribution is 5.67. The molecular formula is C20H30N2O4. The Morgan fingerprint density at radius 2 is 1.77 bits per heavy atom. The van der Waals surface area contributed by atoms with E-state index in [-0.39, 0.29) is 30.1 Å². The zero-order valence-corrected chi connectivity index (χ0v) is 16.3. The number of aromatic nitrogens is 1. The average molecular weight is 362 g/mol. The van der Waals surface area contributed by atoms with Crippen molar-refractivity contribution in [3.05, 3.63) is 22.8 Å². The van der Waals surface area contributed by atoms with E-state index in [4.69, 9.17) is 4.74 Å². The summed E-state index contributed by atoms with van der Waals surface area (Å²) in [5.41, 5.74) is 2.54. The van der Waals surface area contributed by atoms with Crippen LogP contribution >= 0.6 is 0 Å². The summed E-state index contributed by atoms with van der Waals surface area (Å²) in [7, 11) is 0. The van der Waals surface area contributed by atoms with Gasteiger partial charge in [0.05, 0.1) is 0 Å². The van der Waals surface area contributed by atoms with Crippen LogP contribution in [0.2, 0.25) is 0 Å². The third kappa shape index (κ3) is 3.29. The fraction of sp³-hybridized carbons (Fsp3) is 0.650. The molecule has 3 rings (SSSR count). The summed E-state index contributed by atoms with van der Waals surface area (Å²) in [5, 5.41) is 24.0. The standard InChI is InChI=1S/C20H30N2O4/c1-11(2)10-14-12-6-7-13(14)16-15(12)17(23)22(18(16)24)9-8-21-19(25)26-20(3,4)5/h10-13,23-24H,6-9H2,1-5H3,(H,21,25). The van der Waals surface area contributed by atoms with Gasteiger partial charge in [-0.1, -0.05) is 25.5 Å². The van der Waals surface area contributed by atoms with Gasteiger partial charge >= 0.3 is 6.09 Å². The van der Waals surface area contributed by atoms with Crippen LogP contribution in [-0.4, -0.2) is 33.0 Å². The molecular weight excluding hydrogens is 332 g/mol. The molecule has 2 bridgehead atoms. The largest absolute Gasteiger partial charge is 0.494 e. The second kappa shape index (κ2) is 6.56. The molecule has 2 unspecified atom stereocenters. The molecule has 2 atom stereocenters. The number of fused-ring (bicyclic) bond motifs is 5. The van der Waals surface area contributed by atoms with Crippen LogP contribution in [-0.2, 0) is 11.3 Å². The quantitative estimate of drug-likeness (QED) is 0.708. The number of hydrogen-bond acceptors (Lipinski definition) is 4. The van der Waals surface area contributed by atoms with Crippen molar-refractivity contribution in [2.45, 2.75) is 71.4 Å². The predicted molar refractivity (Wildman–Crippen MR) is 99.6 cm³/mol. The van der Waals surface area contributed by atoms with Crippen LogP contribution in [0.5, 0.6) is 11.8 Å². The first-order valence-electron chi connectivity index (χ1n) is 9.42. The third-order valence-corrected chi connectivity index (χ3v) is 5.06. The fourth-order valence-corrected chi connectivity index (χ4v) is 4.26. The Balaban J connectivity index is 1.73. The van der Waals surface area contributed by atoms with Crippen molar-refractivity contribution < 1.29 is 19.7 Å². The zero-order chi connectivity index (χ0) is 19.2. The average Bonchev–Trinajstić information content (AvgIpc) is 3.10. The van der Waals surface area contributed by atoms with Crippen LogP contribution in [0.4, 0.5) is 4.79 Å². The van der Waals surface area contributed by atoms with Gasteiger partial charge in [-0.3, -0.25) is 4.57 Å². The third-order valence-electron chi connectivity index (χ3n) is 5.06. The van der Waals surface area contributed by atoms with Crippen molar-refractivity contribution >= 4 is 6.09 Å². The molecule has 144 valence electrons. The molecule has 1 saturated carbocycles. The summed E-state index contributed by atoms with van der Waals surface area (Å²) < 4.78 is 6.70. The second-order valence-corrected chi connectivity index (χ2v) is 8.65. The van der Waals surface area contributed by atoms with E-state index in [1.54, 1.807) is 20.8 Å². The number of carbonyl (C=O) groups is 1. The Kier molecular flexibility index (Phi) is 4.71. The van der Waals surface area contributed by atoms with Crippen molar-refractivity contribution in [3.63, 3.8) is 0 Å². The van der Waals surface area contributed by atoms with E-state index in [9.17, 15) is 15.0 Å². The maximum absolute atomic E-state index is 11.7. The van der Waals surface area contributed by atoms with Crippen molar-refractivity contribution in [2.75, 3.05) is 6.54 Å². The minimum atomic E-state index is -0.554. The number of aromatic hydroxyl groups is 2. The first-order chi connectivity index (χ1) is 12.1. The Labute approximate surface area is 154 Å². The van der Waals surface area contributed by atoms with Gasteiger partial charge in [0.15, 0.2) is 11.8 Å². The van der Waals surface area contributed by atoms with Gasteiger partial charge in [-0.05, 0) is 39.5 Å². The monoisotopic (exact) mass is 362 g/mol. The smallest absolute Gasteiger partial charge is 0.407 e. The van der Waals surface area contributed by atoms with Gasteiger partial charge in [-0.25, -0.2) is 4.79 Å². The van der Waals surface area contributed by atoms with Crippen LogP contribution < -0.4 is 5.32 Å². The normalized spacial score (nSPS) is 21.2. The maximum atomic E-state index is 11.7. The van der Waals surface area contributed by atoms with E-state index in [1.165, 1.54) is 10.1 Å². The van der Waals surface area contributed by atoms with Gasteiger partial charge in [0, 0.05) is 36.1 Å². The lowest BCUT2D eigenvalue weighted by Crippen LogP contribution is -2.34. The molecule has 1 amide bonds. The van der Waals surface area contributed by atoms with Crippen molar-refractivity contribution in [3.8, 4) is 11.8 Å². The van der Waals surface area contributed by atoms with Crippen LogP contribution in [0.3, 0.4) is 0 Å². The van der Waals surface area contributed by atoms with Crippen molar-refractivity contribution in [1.29, 1.82) is 0 Å². The van der Waals surface area contributed by atoms with Gasteiger partial charge in [-0.2, -0.15) is 0 Å². The van der Waals surface area contributed by atoms with Gasteiger partial charge in [0.2, 0.25) is 0 Å². The van der Waals surface area contributed by atoms with Gasteiger partial charge in [0.25, 0.3) is 0 Å². The van der Waals surface area contributed by atoms with Crippen molar-refractivity contribution in [1.82, 2.24) is 9.88 Å². The van der Waals surface area contributed by atoms with Gasteiger partial charge in [-0.15, -0.1) is 0 Å². The van der Waals surface area contributed by atoms with Crippen LogP contribution in [0, 0.1) is 5.92 Å². The lowest BCUT2D eigenvalue weighted by atomic mass is 9.95. The molecule has 6 nitrogen and oxygen atoms in total. The highest BCUT2D eigenvalue weighted by Crippen LogP contribution is 2.62. The van der Waals surface area contributed by atoms with Crippen LogP contribution in [0.1, 0.15) is 70.4 Å².